The molecule has 9 heteroatoms. The Hall–Kier alpha value is -2.16. The van der Waals surface area contributed by atoms with Gasteiger partial charge < -0.3 is 11.5 Å². The van der Waals surface area contributed by atoms with Crippen molar-refractivity contribution in [3.63, 3.8) is 0 Å². The monoisotopic (exact) mass is 277 g/mol. The molecule has 19 heavy (non-hydrogen) atoms. The Balaban J connectivity index is 1.91. The first-order chi connectivity index (χ1) is 9.15. The zero-order valence-corrected chi connectivity index (χ0v) is 10.7. The van der Waals surface area contributed by atoms with E-state index in [4.69, 9.17) is 11.5 Å². The van der Waals surface area contributed by atoms with E-state index in [-0.39, 0.29) is 5.69 Å². The van der Waals surface area contributed by atoms with Crippen LogP contribution in [0.25, 0.3) is 0 Å². The summed E-state index contributed by atoms with van der Waals surface area (Å²) in [7, 11) is 0. The summed E-state index contributed by atoms with van der Waals surface area (Å²) in [5, 5.41) is 12.6. The van der Waals surface area contributed by atoms with E-state index >= 15 is 0 Å². The van der Waals surface area contributed by atoms with Crippen molar-refractivity contribution in [2.75, 3.05) is 5.73 Å². The molecule has 0 aromatic carbocycles. The number of primary amides is 1. The Morgan fingerprint density at radius 2 is 2.21 bits per heavy atom. The standard InChI is InChI=1S/C10H11N7OS/c11-6-3-4-7(8(12)18)13-9(6)19-10-14-15-16-17(10)5-1-2-5/h3-5H,1-2,11H2,(H2,12,18). The molecule has 8 nitrogen and oxygen atoms in total. The second-order valence-electron chi connectivity index (χ2n) is 4.19. The third kappa shape index (κ3) is 2.36. The molecule has 0 spiro atoms. The molecule has 0 atom stereocenters. The van der Waals surface area contributed by atoms with E-state index in [9.17, 15) is 4.79 Å². The predicted molar refractivity (Wildman–Crippen MR) is 67.4 cm³/mol. The fourth-order valence-corrected chi connectivity index (χ4v) is 2.42. The number of nitrogen functional groups attached to an aromatic ring is 1. The largest absolute Gasteiger partial charge is 0.397 e. The molecule has 4 N–H and O–H groups in total. The van der Waals surface area contributed by atoms with Gasteiger partial charge in [-0.2, -0.15) is 0 Å². The second kappa shape index (κ2) is 4.50. The molecular formula is C10H11N7OS. The Morgan fingerprint density at radius 3 is 2.89 bits per heavy atom. The van der Waals surface area contributed by atoms with Crippen molar-refractivity contribution in [1.29, 1.82) is 0 Å². The highest BCUT2D eigenvalue weighted by atomic mass is 32.2. The maximum Gasteiger partial charge on any atom is 0.267 e. The number of aromatic nitrogens is 5. The van der Waals surface area contributed by atoms with Gasteiger partial charge in [0.25, 0.3) is 5.91 Å². The van der Waals surface area contributed by atoms with Gasteiger partial charge in [-0.25, -0.2) is 9.67 Å². The number of carbonyl (C=O) groups excluding carboxylic acids is 1. The second-order valence-corrected chi connectivity index (χ2v) is 5.15. The van der Waals surface area contributed by atoms with Crippen molar-refractivity contribution >= 4 is 23.4 Å². The van der Waals surface area contributed by atoms with Crippen LogP contribution in [0.5, 0.6) is 0 Å². The molecule has 98 valence electrons. The van der Waals surface area contributed by atoms with Gasteiger partial charge in [-0.3, -0.25) is 4.79 Å². The summed E-state index contributed by atoms with van der Waals surface area (Å²) >= 11 is 1.23. The summed E-state index contributed by atoms with van der Waals surface area (Å²) < 4.78 is 1.75. The van der Waals surface area contributed by atoms with Crippen LogP contribution in [0.2, 0.25) is 0 Å². The van der Waals surface area contributed by atoms with E-state index in [1.807, 2.05) is 0 Å². The van der Waals surface area contributed by atoms with E-state index in [2.05, 4.69) is 20.5 Å². The quantitative estimate of drug-likeness (QED) is 0.819. The Morgan fingerprint density at radius 1 is 1.42 bits per heavy atom. The molecule has 2 aromatic heterocycles. The van der Waals surface area contributed by atoms with Gasteiger partial charge in [0.1, 0.15) is 10.7 Å². The number of tetrazole rings is 1. The molecule has 2 aromatic rings. The van der Waals surface area contributed by atoms with E-state index in [0.29, 0.717) is 21.9 Å². The van der Waals surface area contributed by atoms with E-state index in [1.54, 1.807) is 10.7 Å². The van der Waals surface area contributed by atoms with Gasteiger partial charge in [0.2, 0.25) is 5.16 Å². The lowest BCUT2D eigenvalue weighted by Gasteiger charge is -2.05. The van der Waals surface area contributed by atoms with Crippen molar-refractivity contribution in [3.05, 3.63) is 17.8 Å². The molecule has 0 unspecified atom stereocenters. The SMILES string of the molecule is NC(=O)c1ccc(N)c(Sc2nnnn2C2CC2)n1. The van der Waals surface area contributed by atoms with Crippen molar-refractivity contribution in [2.24, 2.45) is 5.73 Å². The first-order valence-corrected chi connectivity index (χ1v) is 6.49. The zero-order chi connectivity index (χ0) is 13.4. The topological polar surface area (TPSA) is 126 Å². The number of amides is 1. The normalized spacial score (nSPS) is 14.5. The minimum absolute atomic E-state index is 0.169. The summed E-state index contributed by atoms with van der Waals surface area (Å²) in [6, 6.07) is 3.45. The number of nitrogens with zero attached hydrogens (tertiary/aromatic N) is 5. The van der Waals surface area contributed by atoms with Gasteiger partial charge in [-0.15, -0.1) is 5.10 Å². The first kappa shape index (κ1) is 11.9. The summed E-state index contributed by atoms with van der Waals surface area (Å²) in [6.45, 7) is 0. The lowest BCUT2D eigenvalue weighted by Crippen LogP contribution is -2.13. The van der Waals surface area contributed by atoms with E-state index in [1.165, 1.54) is 17.8 Å². The fraction of sp³-hybridized carbons (Fsp3) is 0.300. The van der Waals surface area contributed by atoms with Crippen molar-refractivity contribution < 1.29 is 4.79 Å². The Labute approximate surface area is 112 Å². The minimum atomic E-state index is -0.594. The van der Waals surface area contributed by atoms with Crippen molar-refractivity contribution in [3.8, 4) is 0 Å². The summed E-state index contributed by atoms with van der Waals surface area (Å²) in [4.78, 5) is 15.2. The molecule has 1 aliphatic carbocycles. The number of hydrogen-bond donors (Lipinski definition) is 2. The first-order valence-electron chi connectivity index (χ1n) is 5.67. The predicted octanol–water partition coefficient (Wildman–Crippen LogP) is 0.235. The van der Waals surface area contributed by atoms with Crippen LogP contribution in [0.15, 0.2) is 22.3 Å². The highest BCUT2D eigenvalue weighted by molar-refractivity contribution is 7.99. The van der Waals surface area contributed by atoms with Crippen molar-refractivity contribution in [2.45, 2.75) is 29.1 Å². The molecule has 1 amide bonds. The van der Waals surface area contributed by atoms with Gasteiger partial charge in [0, 0.05) is 0 Å². The molecular weight excluding hydrogens is 266 g/mol. The smallest absolute Gasteiger partial charge is 0.267 e. The molecule has 0 radical (unpaired) electrons. The highest BCUT2D eigenvalue weighted by Crippen LogP contribution is 2.38. The number of nitrogens with two attached hydrogens (primary N) is 2. The van der Waals surface area contributed by atoms with E-state index < -0.39 is 5.91 Å². The Kier molecular flexibility index (Phi) is 2.82. The van der Waals surface area contributed by atoms with Crippen LogP contribution in [-0.2, 0) is 0 Å². The fourth-order valence-electron chi connectivity index (χ4n) is 1.56. The average molecular weight is 277 g/mol. The van der Waals surface area contributed by atoms with Crippen LogP contribution in [-0.4, -0.2) is 31.1 Å². The Bertz CT molecular complexity index is 637. The van der Waals surface area contributed by atoms with Gasteiger partial charge in [-0.1, -0.05) is 0 Å². The van der Waals surface area contributed by atoms with Crippen molar-refractivity contribution in [1.82, 2.24) is 25.2 Å². The van der Waals surface area contributed by atoms with Gasteiger partial charge >= 0.3 is 0 Å². The number of anilines is 1. The maximum absolute atomic E-state index is 11.1. The number of hydrogen-bond acceptors (Lipinski definition) is 7. The lowest BCUT2D eigenvalue weighted by molar-refractivity contribution is 0.0995. The van der Waals surface area contributed by atoms with Crippen LogP contribution >= 0.6 is 11.8 Å². The number of carbonyl (C=O) groups is 1. The lowest BCUT2D eigenvalue weighted by atomic mass is 10.3. The van der Waals surface area contributed by atoms with Crippen LogP contribution in [0, 0.1) is 0 Å². The third-order valence-corrected chi connectivity index (χ3v) is 3.66. The number of rotatable bonds is 4. The maximum atomic E-state index is 11.1. The van der Waals surface area contributed by atoms with Gasteiger partial charge in [-0.05, 0) is 47.2 Å². The van der Waals surface area contributed by atoms with Gasteiger partial charge in [0.15, 0.2) is 0 Å². The molecule has 0 bridgehead atoms. The third-order valence-electron chi connectivity index (χ3n) is 2.69. The number of pyridine rings is 1. The minimum Gasteiger partial charge on any atom is -0.397 e. The average Bonchev–Trinajstić information content (AvgIpc) is 3.12. The molecule has 1 aliphatic rings. The zero-order valence-electron chi connectivity index (χ0n) is 9.85. The molecule has 0 aliphatic heterocycles. The molecule has 0 saturated heterocycles. The van der Waals surface area contributed by atoms with E-state index in [0.717, 1.165) is 12.8 Å². The highest BCUT2D eigenvalue weighted by Gasteiger charge is 2.28. The summed E-state index contributed by atoms with van der Waals surface area (Å²) in [5.41, 5.74) is 11.7. The van der Waals surface area contributed by atoms with Crippen LogP contribution < -0.4 is 11.5 Å². The molecule has 1 saturated carbocycles. The van der Waals surface area contributed by atoms with Crippen LogP contribution in [0.3, 0.4) is 0 Å². The molecule has 1 fully saturated rings. The van der Waals surface area contributed by atoms with Crippen LogP contribution in [0.4, 0.5) is 5.69 Å². The van der Waals surface area contributed by atoms with Gasteiger partial charge in [0.05, 0.1) is 11.7 Å². The summed E-state index contributed by atoms with van der Waals surface area (Å²) in [5.74, 6) is -0.594. The molecule has 3 rings (SSSR count). The molecule has 2 heterocycles. The van der Waals surface area contributed by atoms with Crippen LogP contribution in [0.1, 0.15) is 29.4 Å². The summed E-state index contributed by atoms with van der Waals surface area (Å²) in [6.07, 6.45) is 2.14.